The van der Waals surface area contributed by atoms with E-state index in [1.54, 1.807) is 0 Å². The van der Waals surface area contributed by atoms with Gasteiger partial charge in [-0.15, -0.1) is 0 Å². The number of nitrogens with one attached hydrogen (secondary N) is 2. The van der Waals surface area contributed by atoms with Crippen molar-refractivity contribution in [3.63, 3.8) is 0 Å². The molecule has 2 fully saturated rings. The summed E-state index contributed by atoms with van der Waals surface area (Å²) in [5.41, 5.74) is 1.59. The highest BCUT2D eigenvalue weighted by molar-refractivity contribution is 5.80. The molecule has 1 spiro atoms. The van der Waals surface area contributed by atoms with Gasteiger partial charge in [-0.25, -0.2) is 4.98 Å². The summed E-state index contributed by atoms with van der Waals surface area (Å²) in [4.78, 5) is 8.96. The lowest BCUT2D eigenvalue weighted by Crippen LogP contribution is -2.68. The summed E-state index contributed by atoms with van der Waals surface area (Å²) in [6.07, 6.45) is 9.19. The molecule has 1 aromatic heterocycles. The second-order valence-corrected chi connectivity index (χ2v) is 7.85. The van der Waals surface area contributed by atoms with E-state index in [1.807, 2.05) is 25.5 Å². The van der Waals surface area contributed by atoms with E-state index in [9.17, 15) is 0 Å². The van der Waals surface area contributed by atoms with Crippen LogP contribution in [0.25, 0.3) is 0 Å². The van der Waals surface area contributed by atoms with Crippen molar-refractivity contribution < 1.29 is 4.74 Å². The van der Waals surface area contributed by atoms with Crippen molar-refractivity contribution >= 4 is 5.96 Å². The molecule has 0 aliphatic heterocycles. The van der Waals surface area contributed by atoms with E-state index < -0.39 is 0 Å². The van der Waals surface area contributed by atoms with Gasteiger partial charge < -0.3 is 19.9 Å². The smallest absolute Gasteiger partial charge is 0.191 e. The van der Waals surface area contributed by atoms with Crippen LogP contribution in [0.2, 0.25) is 0 Å². The van der Waals surface area contributed by atoms with E-state index in [0.29, 0.717) is 24.1 Å². The second kappa shape index (κ2) is 8.35. The predicted molar refractivity (Wildman–Crippen MR) is 111 cm³/mol. The molecule has 2 N–H and O–H groups in total. The van der Waals surface area contributed by atoms with Crippen molar-refractivity contribution in [2.24, 2.45) is 10.4 Å². The lowest BCUT2D eigenvalue weighted by molar-refractivity contribution is -0.168. The molecular weight excluding hydrogens is 350 g/mol. The number of guanidine groups is 1. The summed E-state index contributed by atoms with van der Waals surface area (Å²) >= 11 is 0. The van der Waals surface area contributed by atoms with Gasteiger partial charge in [-0.1, -0.05) is 36.8 Å². The topological polar surface area (TPSA) is 63.5 Å². The third kappa shape index (κ3) is 3.65. The van der Waals surface area contributed by atoms with E-state index in [1.165, 1.54) is 24.8 Å². The highest BCUT2D eigenvalue weighted by Gasteiger charge is 2.59. The molecule has 2 aromatic rings. The van der Waals surface area contributed by atoms with Gasteiger partial charge in [0.15, 0.2) is 5.96 Å². The number of benzene rings is 1. The molecular formula is C22H31N5O. The van der Waals surface area contributed by atoms with Crippen LogP contribution in [0.3, 0.4) is 0 Å². The number of hydrogen-bond acceptors (Lipinski definition) is 3. The average Bonchev–Trinajstić information content (AvgIpc) is 3.10. The zero-order valence-electron chi connectivity index (χ0n) is 16.9. The van der Waals surface area contributed by atoms with Gasteiger partial charge in [-0.3, -0.25) is 4.99 Å². The Hall–Kier alpha value is -2.34. The fraction of sp³-hybridized carbons (Fsp3) is 0.545. The maximum Gasteiger partial charge on any atom is 0.191 e. The number of ether oxygens (including phenoxy) is 1. The van der Waals surface area contributed by atoms with Crippen molar-refractivity contribution in [3.05, 3.63) is 54.1 Å². The van der Waals surface area contributed by atoms with Crippen LogP contribution in [0.1, 0.15) is 44.0 Å². The Morgan fingerprint density at radius 1 is 1.32 bits per heavy atom. The molecule has 150 valence electrons. The molecule has 0 saturated heterocycles. The van der Waals surface area contributed by atoms with Crippen molar-refractivity contribution in [3.8, 4) is 0 Å². The fourth-order valence-electron chi connectivity index (χ4n) is 4.59. The summed E-state index contributed by atoms with van der Waals surface area (Å²) in [7, 11) is 1.83. The number of aliphatic imine (C=N–C) groups is 1. The number of imidazole rings is 1. The third-order valence-electron chi connectivity index (χ3n) is 6.38. The number of aromatic nitrogens is 2. The summed E-state index contributed by atoms with van der Waals surface area (Å²) in [5.74, 6) is 1.85. The van der Waals surface area contributed by atoms with E-state index in [2.05, 4.69) is 56.4 Å². The van der Waals surface area contributed by atoms with E-state index in [0.717, 1.165) is 31.4 Å². The Morgan fingerprint density at radius 2 is 2.14 bits per heavy atom. The van der Waals surface area contributed by atoms with Crippen molar-refractivity contribution in [2.45, 2.75) is 57.8 Å². The number of rotatable bonds is 7. The molecule has 0 radical (unpaired) electrons. The Balaban J connectivity index is 1.33. The molecule has 2 aliphatic rings. The minimum absolute atomic E-state index is 0.319. The van der Waals surface area contributed by atoms with Gasteiger partial charge in [-0.05, 0) is 31.7 Å². The van der Waals surface area contributed by atoms with Crippen molar-refractivity contribution in [1.29, 1.82) is 0 Å². The molecule has 0 bridgehead atoms. The largest absolute Gasteiger partial charge is 0.378 e. The molecule has 4 rings (SSSR count). The first-order valence-corrected chi connectivity index (χ1v) is 10.4. The number of hydrogen-bond donors (Lipinski definition) is 2. The molecule has 1 heterocycles. The summed E-state index contributed by atoms with van der Waals surface area (Å²) < 4.78 is 8.14. The summed E-state index contributed by atoms with van der Waals surface area (Å²) in [6.45, 7) is 4.36. The van der Waals surface area contributed by atoms with Crippen molar-refractivity contribution in [2.75, 3.05) is 13.7 Å². The van der Waals surface area contributed by atoms with Gasteiger partial charge in [0.1, 0.15) is 5.82 Å². The Bertz CT molecular complexity index is 796. The molecule has 2 saturated carbocycles. The Labute approximate surface area is 167 Å². The Morgan fingerprint density at radius 3 is 2.82 bits per heavy atom. The van der Waals surface area contributed by atoms with Gasteiger partial charge in [0, 0.05) is 44.0 Å². The van der Waals surface area contributed by atoms with Gasteiger partial charge >= 0.3 is 0 Å². The van der Waals surface area contributed by atoms with Gasteiger partial charge in [-0.2, -0.15) is 0 Å². The van der Waals surface area contributed by atoms with E-state index >= 15 is 0 Å². The average molecular weight is 382 g/mol. The van der Waals surface area contributed by atoms with Crippen molar-refractivity contribution in [1.82, 2.24) is 20.2 Å². The van der Waals surface area contributed by atoms with E-state index in [4.69, 9.17) is 4.74 Å². The maximum absolute atomic E-state index is 5.96. The third-order valence-corrected chi connectivity index (χ3v) is 6.38. The normalized spacial score (nSPS) is 23.1. The fourth-order valence-corrected chi connectivity index (χ4v) is 4.59. The molecule has 0 amide bonds. The predicted octanol–water partition coefficient (Wildman–Crippen LogP) is 2.94. The molecule has 6 heteroatoms. The monoisotopic (exact) mass is 381 g/mol. The zero-order valence-corrected chi connectivity index (χ0v) is 16.9. The minimum Gasteiger partial charge on any atom is -0.378 e. The summed E-state index contributed by atoms with van der Waals surface area (Å²) in [5, 5.41) is 7.08. The van der Waals surface area contributed by atoms with Crippen LogP contribution in [-0.2, 0) is 17.8 Å². The van der Waals surface area contributed by atoms with Gasteiger partial charge in [0.05, 0.1) is 12.6 Å². The minimum atomic E-state index is 0.319. The molecule has 2 unspecified atom stereocenters. The standard InChI is InChI=1S/C22H31N5O/c1-3-28-19-14-18(22(19)10-7-11-22)26-21(23-2)25-15-20-24-12-13-27(20)16-17-8-5-4-6-9-17/h4-6,8-9,12-13,18-19H,3,7,10-11,14-16H2,1-2H3,(H2,23,25,26). The SMILES string of the molecule is CCOC1CC(NC(=NC)NCc2nccn2Cc2ccccc2)C12CCC2. The van der Waals surface area contributed by atoms with Crippen LogP contribution in [0.5, 0.6) is 0 Å². The molecule has 2 aliphatic carbocycles. The van der Waals surface area contributed by atoms with Crippen LogP contribution >= 0.6 is 0 Å². The highest BCUT2D eigenvalue weighted by Crippen LogP contribution is 2.57. The van der Waals surface area contributed by atoms with Gasteiger partial charge in [0.2, 0.25) is 0 Å². The first-order chi connectivity index (χ1) is 13.7. The lowest BCUT2D eigenvalue weighted by Gasteiger charge is -2.61. The summed E-state index contributed by atoms with van der Waals surface area (Å²) in [6, 6.07) is 10.9. The molecule has 28 heavy (non-hydrogen) atoms. The van der Waals surface area contributed by atoms with E-state index in [-0.39, 0.29) is 0 Å². The molecule has 2 atom stereocenters. The van der Waals surface area contributed by atoms with Crippen LogP contribution in [0, 0.1) is 5.41 Å². The molecule has 1 aromatic carbocycles. The first kappa shape index (κ1) is 19.0. The Kier molecular flexibility index (Phi) is 5.67. The van der Waals surface area contributed by atoms with Crippen LogP contribution in [0.15, 0.2) is 47.7 Å². The molecule has 6 nitrogen and oxygen atoms in total. The van der Waals surface area contributed by atoms with Crippen LogP contribution < -0.4 is 10.6 Å². The quantitative estimate of drug-likeness (QED) is 0.572. The zero-order chi connectivity index (χ0) is 19.4. The lowest BCUT2D eigenvalue weighted by atomic mass is 9.51. The first-order valence-electron chi connectivity index (χ1n) is 10.4. The number of nitrogens with zero attached hydrogens (tertiary/aromatic N) is 3. The second-order valence-electron chi connectivity index (χ2n) is 7.85. The maximum atomic E-state index is 5.96. The highest BCUT2D eigenvalue weighted by atomic mass is 16.5. The van der Waals surface area contributed by atoms with Gasteiger partial charge in [0.25, 0.3) is 0 Å². The van der Waals surface area contributed by atoms with Crippen LogP contribution in [-0.4, -0.2) is 41.3 Å². The van der Waals surface area contributed by atoms with Crippen LogP contribution in [0.4, 0.5) is 0 Å².